The number of sulfonamides is 1. The molecule has 2 aromatic rings. The van der Waals surface area contributed by atoms with Gasteiger partial charge >= 0.3 is 0 Å². The summed E-state index contributed by atoms with van der Waals surface area (Å²) >= 11 is 12.0. The summed E-state index contributed by atoms with van der Waals surface area (Å²) in [5.41, 5.74) is 2.63. The minimum absolute atomic E-state index is 0.0192. The number of amides is 1. The number of rotatable bonds is 5. The van der Waals surface area contributed by atoms with E-state index in [1.165, 1.54) is 24.5 Å². The molecule has 0 spiro atoms. The molecule has 0 bridgehead atoms. The number of hydrogen-bond donors (Lipinski definition) is 3. The monoisotopic (exact) mass is 459 g/mol. The van der Waals surface area contributed by atoms with Crippen LogP contribution >= 0.6 is 23.2 Å². The van der Waals surface area contributed by atoms with E-state index in [1.807, 2.05) is 0 Å². The minimum Gasteiger partial charge on any atom is -0.489 e. The van der Waals surface area contributed by atoms with E-state index in [4.69, 9.17) is 33.1 Å². The summed E-state index contributed by atoms with van der Waals surface area (Å²) in [5, 5.41) is 12.9. The number of carbonyl (C=O) groups excluding carboxylic acids is 1. The van der Waals surface area contributed by atoms with Gasteiger partial charge in [-0.15, -0.1) is 0 Å². The van der Waals surface area contributed by atoms with E-state index in [-0.39, 0.29) is 24.6 Å². The van der Waals surface area contributed by atoms with Gasteiger partial charge in [0.25, 0.3) is 5.91 Å². The molecule has 0 aromatic heterocycles. The number of anilines is 1. The maximum Gasteiger partial charge on any atom is 0.261 e. The van der Waals surface area contributed by atoms with Crippen molar-refractivity contribution in [2.45, 2.75) is 24.5 Å². The zero-order valence-electron chi connectivity index (χ0n) is 15.4. The first-order chi connectivity index (χ1) is 13.7. The van der Waals surface area contributed by atoms with Gasteiger partial charge in [-0.1, -0.05) is 23.2 Å². The molecule has 8 nitrogen and oxygen atoms in total. The molecule has 1 atom stereocenters. The number of ether oxygens (including phenoxy) is 1. The Morgan fingerprint density at radius 3 is 2.62 bits per heavy atom. The summed E-state index contributed by atoms with van der Waals surface area (Å²) in [7, 11) is -3.96. The van der Waals surface area contributed by atoms with Crippen LogP contribution in [-0.2, 0) is 21.4 Å². The predicted molar refractivity (Wildman–Crippen MR) is 109 cm³/mol. The van der Waals surface area contributed by atoms with Crippen LogP contribution in [0.5, 0.6) is 5.75 Å². The molecular formula is C18H19Cl2N3O5S. The number of halogens is 2. The van der Waals surface area contributed by atoms with Gasteiger partial charge in [0.2, 0.25) is 10.0 Å². The smallest absolute Gasteiger partial charge is 0.261 e. The van der Waals surface area contributed by atoms with Gasteiger partial charge in [-0.3, -0.25) is 10.0 Å². The van der Waals surface area contributed by atoms with Gasteiger partial charge < -0.3 is 10.1 Å². The summed E-state index contributed by atoms with van der Waals surface area (Å²) in [5.74, 6) is -0.352. The van der Waals surface area contributed by atoms with Crippen LogP contribution in [0.2, 0.25) is 10.0 Å². The molecule has 0 unspecified atom stereocenters. The van der Waals surface area contributed by atoms with Crippen LogP contribution in [-0.4, -0.2) is 43.0 Å². The van der Waals surface area contributed by atoms with Gasteiger partial charge in [0.15, 0.2) is 0 Å². The molecule has 1 aliphatic rings. The van der Waals surface area contributed by atoms with Gasteiger partial charge in [0, 0.05) is 29.2 Å². The van der Waals surface area contributed by atoms with Crippen molar-refractivity contribution >= 4 is 44.8 Å². The van der Waals surface area contributed by atoms with Gasteiger partial charge in [-0.05, 0) is 42.8 Å². The normalized spacial score (nSPS) is 16.8. The van der Waals surface area contributed by atoms with Crippen molar-refractivity contribution in [3.05, 3.63) is 52.0 Å². The standard InChI is InChI=1S/C18H19Cl2N3O5S/c1-11(18(24)22-25)23-5-4-21-16-9-15(2-3-17(16)29(23,26)27)28-10-12-6-13(19)8-14(20)7-12/h2-3,6-9,11,21,25H,4-5,10H2,1H3,(H,22,24)/t11-/m1/s1. The first-order valence-corrected chi connectivity index (χ1v) is 10.8. The van der Waals surface area contributed by atoms with E-state index < -0.39 is 22.0 Å². The number of fused-ring (bicyclic) bond motifs is 1. The lowest BCUT2D eigenvalue weighted by Crippen LogP contribution is -2.47. The molecule has 0 radical (unpaired) electrons. The highest BCUT2D eigenvalue weighted by atomic mass is 35.5. The zero-order chi connectivity index (χ0) is 21.2. The van der Waals surface area contributed by atoms with E-state index in [9.17, 15) is 13.2 Å². The van der Waals surface area contributed by atoms with Crippen LogP contribution in [0.25, 0.3) is 0 Å². The molecule has 156 valence electrons. The van der Waals surface area contributed by atoms with Crippen molar-refractivity contribution in [3.8, 4) is 5.75 Å². The Labute approximate surface area is 178 Å². The Morgan fingerprint density at radius 2 is 1.97 bits per heavy atom. The minimum atomic E-state index is -3.96. The summed E-state index contributed by atoms with van der Waals surface area (Å²) in [6.07, 6.45) is 0. The maximum absolute atomic E-state index is 13.0. The summed E-state index contributed by atoms with van der Waals surface area (Å²) in [4.78, 5) is 11.7. The Bertz CT molecular complexity index is 1010. The molecule has 1 heterocycles. The third kappa shape index (κ3) is 4.76. The Hall–Kier alpha value is -2.04. The summed E-state index contributed by atoms with van der Waals surface area (Å²) in [6, 6.07) is 8.54. The van der Waals surface area contributed by atoms with Crippen molar-refractivity contribution in [1.82, 2.24) is 9.79 Å². The van der Waals surface area contributed by atoms with E-state index in [2.05, 4.69) is 5.32 Å². The number of nitrogens with one attached hydrogen (secondary N) is 2. The number of carbonyl (C=O) groups is 1. The first-order valence-electron chi connectivity index (χ1n) is 8.64. The lowest BCUT2D eigenvalue weighted by atomic mass is 10.2. The summed E-state index contributed by atoms with van der Waals surface area (Å²) in [6.45, 7) is 1.94. The summed E-state index contributed by atoms with van der Waals surface area (Å²) < 4.78 is 32.8. The van der Waals surface area contributed by atoms with Crippen molar-refractivity contribution in [1.29, 1.82) is 0 Å². The second-order valence-electron chi connectivity index (χ2n) is 6.42. The molecule has 29 heavy (non-hydrogen) atoms. The average molecular weight is 460 g/mol. The molecule has 3 N–H and O–H groups in total. The number of benzene rings is 2. The topological polar surface area (TPSA) is 108 Å². The Morgan fingerprint density at radius 1 is 1.28 bits per heavy atom. The number of hydroxylamine groups is 1. The highest BCUT2D eigenvalue weighted by Gasteiger charge is 2.36. The predicted octanol–water partition coefficient (Wildman–Crippen LogP) is 2.88. The lowest BCUT2D eigenvalue weighted by molar-refractivity contribution is -0.132. The van der Waals surface area contributed by atoms with Crippen LogP contribution in [0.4, 0.5) is 5.69 Å². The molecule has 11 heteroatoms. The average Bonchev–Trinajstić information content (AvgIpc) is 2.80. The van der Waals surface area contributed by atoms with Gasteiger partial charge in [0.1, 0.15) is 23.3 Å². The van der Waals surface area contributed by atoms with Crippen molar-refractivity contribution in [2.24, 2.45) is 0 Å². The molecule has 2 aromatic carbocycles. The fraction of sp³-hybridized carbons (Fsp3) is 0.278. The van der Waals surface area contributed by atoms with Crippen molar-refractivity contribution in [3.63, 3.8) is 0 Å². The molecule has 1 aliphatic heterocycles. The van der Waals surface area contributed by atoms with Gasteiger partial charge in [-0.25, -0.2) is 13.9 Å². The largest absolute Gasteiger partial charge is 0.489 e. The maximum atomic E-state index is 13.0. The third-order valence-electron chi connectivity index (χ3n) is 4.43. The molecular weight excluding hydrogens is 441 g/mol. The van der Waals surface area contributed by atoms with Crippen molar-refractivity contribution < 1.29 is 23.2 Å². The van der Waals surface area contributed by atoms with Gasteiger partial charge in [0.05, 0.1) is 5.69 Å². The fourth-order valence-electron chi connectivity index (χ4n) is 3.00. The lowest BCUT2D eigenvalue weighted by Gasteiger charge is -2.24. The second kappa shape index (κ2) is 8.76. The van der Waals surface area contributed by atoms with E-state index >= 15 is 0 Å². The Kier molecular flexibility index (Phi) is 6.55. The third-order valence-corrected chi connectivity index (χ3v) is 6.90. The van der Waals surface area contributed by atoms with Gasteiger partial charge in [-0.2, -0.15) is 4.31 Å². The molecule has 1 amide bonds. The molecule has 0 saturated heterocycles. The van der Waals surface area contributed by atoms with E-state index in [0.717, 1.165) is 9.87 Å². The highest BCUT2D eigenvalue weighted by Crippen LogP contribution is 2.32. The highest BCUT2D eigenvalue weighted by molar-refractivity contribution is 7.89. The van der Waals surface area contributed by atoms with Crippen LogP contribution in [0, 0.1) is 0 Å². The molecule has 0 aliphatic carbocycles. The SMILES string of the molecule is C[C@H](C(=O)NO)N1CCNc2cc(OCc3cc(Cl)cc(Cl)c3)ccc2S1(=O)=O. The first kappa shape index (κ1) is 21.7. The van der Waals surface area contributed by atoms with Crippen LogP contribution in [0.15, 0.2) is 41.3 Å². The molecule has 0 fully saturated rings. The van der Waals surface area contributed by atoms with Crippen LogP contribution < -0.4 is 15.5 Å². The fourth-order valence-corrected chi connectivity index (χ4v) is 5.31. The van der Waals surface area contributed by atoms with Crippen molar-refractivity contribution in [2.75, 3.05) is 18.4 Å². The number of nitrogens with zero attached hydrogens (tertiary/aromatic N) is 1. The quantitative estimate of drug-likeness (QED) is 0.468. The van der Waals surface area contributed by atoms with Crippen LogP contribution in [0.3, 0.4) is 0 Å². The van der Waals surface area contributed by atoms with E-state index in [0.29, 0.717) is 21.5 Å². The zero-order valence-corrected chi connectivity index (χ0v) is 17.7. The second-order valence-corrected chi connectivity index (χ2v) is 9.15. The van der Waals surface area contributed by atoms with Crippen LogP contribution in [0.1, 0.15) is 12.5 Å². The molecule has 0 saturated carbocycles. The van der Waals surface area contributed by atoms with E-state index in [1.54, 1.807) is 24.3 Å². The molecule has 3 rings (SSSR count). The number of hydrogen-bond acceptors (Lipinski definition) is 6. The Balaban J connectivity index is 1.84.